The molecule has 0 aliphatic heterocycles. The third kappa shape index (κ3) is 6.90. The van der Waals surface area contributed by atoms with Crippen LogP contribution < -0.4 is 15.2 Å². The van der Waals surface area contributed by atoms with Crippen LogP contribution in [0, 0.1) is 0 Å². The molecule has 2 aromatic rings. The van der Waals surface area contributed by atoms with Gasteiger partial charge in [-0.3, -0.25) is 4.79 Å². The van der Waals surface area contributed by atoms with Crippen LogP contribution in [0.15, 0.2) is 47.4 Å². The maximum absolute atomic E-state index is 12.7. The minimum atomic E-state index is -4.41. The van der Waals surface area contributed by atoms with Gasteiger partial charge in [-0.15, -0.1) is 11.8 Å². The fourth-order valence-electron chi connectivity index (χ4n) is 2.20. The van der Waals surface area contributed by atoms with Crippen LogP contribution in [0.3, 0.4) is 0 Å². The highest BCUT2D eigenvalue weighted by atomic mass is 32.2. The van der Waals surface area contributed by atoms with E-state index < -0.39 is 23.6 Å². The first-order valence-corrected chi connectivity index (χ1v) is 9.25. The van der Waals surface area contributed by atoms with Crippen LogP contribution in [0.4, 0.5) is 13.2 Å². The van der Waals surface area contributed by atoms with E-state index in [2.05, 4.69) is 0 Å². The summed E-state index contributed by atoms with van der Waals surface area (Å²) < 4.78 is 53.5. The number of thioether (sulfide) groups is 1. The zero-order valence-corrected chi connectivity index (χ0v) is 16.1. The molecule has 10 heteroatoms. The number of esters is 1. The molecule has 1 amide bonds. The van der Waals surface area contributed by atoms with Gasteiger partial charge in [0, 0.05) is 10.6 Å². The van der Waals surface area contributed by atoms with Gasteiger partial charge >= 0.3 is 12.1 Å². The number of carbonyl (C=O) groups is 2. The van der Waals surface area contributed by atoms with Crippen molar-refractivity contribution in [1.29, 1.82) is 0 Å². The van der Waals surface area contributed by atoms with Crippen LogP contribution in [0.25, 0.3) is 0 Å². The van der Waals surface area contributed by atoms with E-state index in [9.17, 15) is 22.8 Å². The van der Waals surface area contributed by atoms with Crippen LogP contribution in [0.5, 0.6) is 11.5 Å². The molecule has 29 heavy (non-hydrogen) atoms. The van der Waals surface area contributed by atoms with Gasteiger partial charge in [0.15, 0.2) is 18.1 Å². The summed E-state index contributed by atoms with van der Waals surface area (Å²) in [5.74, 6) is -0.547. The number of carbonyl (C=O) groups excluding carboxylic acids is 2. The molecule has 0 aliphatic carbocycles. The standard InChI is InChI=1S/C19H18F3NO5S/c1-26-16-9-12(5-6-15(16)28-11-17(23)24)18(25)27-7-8-29-14-4-2-3-13(10-14)19(20,21)22/h2-6,9-10H,7-8,11H2,1H3,(H2,23,24). The number of hydrogen-bond donors (Lipinski definition) is 1. The Bertz CT molecular complexity index is 873. The Kier molecular flexibility index (Phi) is 7.77. The number of nitrogens with two attached hydrogens (primary N) is 1. The largest absolute Gasteiger partial charge is 0.493 e. The number of primary amides is 1. The van der Waals surface area contributed by atoms with Gasteiger partial charge in [0.05, 0.1) is 18.2 Å². The molecule has 0 radical (unpaired) electrons. The predicted molar refractivity (Wildman–Crippen MR) is 100 cm³/mol. The number of ether oxygens (including phenoxy) is 3. The molecule has 0 spiro atoms. The van der Waals surface area contributed by atoms with Crippen molar-refractivity contribution < 1.29 is 37.0 Å². The molecular formula is C19H18F3NO5S. The van der Waals surface area contributed by atoms with Crippen molar-refractivity contribution in [3.8, 4) is 11.5 Å². The second kappa shape index (κ2) is 10.1. The quantitative estimate of drug-likeness (QED) is 0.373. The van der Waals surface area contributed by atoms with Crippen LogP contribution in [0.1, 0.15) is 15.9 Å². The molecule has 0 aromatic heterocycles. The summed E-state index contributed by atoms with van der Waals surface area (Å²) in [6.45, 7) is -0.338. The number of halogens is 3. The van der Waals surface area contributed by atoms with Gasteiger partial charge in [-0.1, -0.05) is 6.07 Å². The SMILES string of the molecule is COc1cc(C(=O)OCCSc2cccc(C(F)(F)F)c2)ccc1OCC(N)=O. The highest BCUT2D eigenvalue weighted by Crippen LogP contribution is 2.32. The first-order chi connectivity index (χ1) is 13.7. The van der Waals surface area contributed by atoms with Crippen molar-refractivity contribution >= 4 is 23.6 Å². The molecule has 2 rings (SSSR count). The Balaban J connectivity index is 1.88. The molecular weight excluding hydrogens is 411 g/mol. The van der Waals surface area contributed by atoms with Crippen molar-refractivity contribution in [3.05, 3.63) is 53.6 Å². The van der Waals surface area contributed by atoms with Gasteiger partial charge in [0.25, 0.3) is 5.91 Å². The Morgan fingerprint density at radius 2 is 1.86 bits per heavy atom. The molecule has 6 nitrogen and oxygen atoms in total. The van der Waals surface area contributed by atoms with Gasteiger partial charge in [0.1, 0.15) is 6.61 Å². The Morgan fingerprint density at radius 3 is 2.52 bits per heavy atom. The van der Waals surface area contributed by atoms with Crippen molar-refractivity contribution in [2.45, 2.75) is 11.1 Å². The maximum Gasteiger partial charge on any atom is 0.416 e. The molecule has 0 aliphatic rings. The Hall–Kier alpha value is -2.88. The summed E-state index contributed by atoms with van der Waals surface area (Å²) in [6.07, 6.45) is -4.41. The van der Waals surface area contributed by atoms with E-state index in [1.54, 1.807) is 6.07 Å². The lowest BCUT2D eigenvalue weighted by molar-refractivity contribution is -0.137. The Labute approximate surface area is 169 Å². The maximum atomic E-state index is 12.7. The first kappa shape index (κ1) is 22.4. The summed E-state index contributed by atoms with van der Waals surface area (Å²) in [4.78, 5) is 23.3. The van der Waals surface area contributed by atoms with E-state index in [1.807, 2.05) is 0 Å². The molecule has 0 fully saturated rings. The van der Waals surface area contributed by atoms with Crippen LogP contribution in [-0.4, -0.2) is 38.0 Å². The zero-order valence-electron chi connectivity index (χ0n) is 15.3. The number of hydrogen-bond acceptors (Lipinski definition) is 6. The van der Waals surface area contributed by atoms with Crippen LogP contribution in [0.2, 0.25) is 0 Å². The predicted octanol–water partition coefficient (Wildman–Crippen LogP) is 3.53. The van der Waals surface area contributed by atoms with Crippen molar-refractivity contribution in [3.63, 3.8) is 0 Å². The summed E-state index contributed by atoms with van der Waals surface area (Å²) in [5, 5.41) is 0. The van der Waals surface area contributed by atoms with E-state index in [0.717, 1.165) is 23.9 Å². The molecule has 0 bridgehead atoms. The van der Waals surface area contributed by atoms with Gasteiger partial charge < -0.3 is 19.9 Å². The van der Waals surface area contributed by atoms with E-state index in [4.69, 9.17) is 19.9 Å². The van der Waals surface area contributed by atoms with E-state index >= 15 is 0 Å². The third-order valence-electron chi connectivity index (χ3n) is 3.52. The number of rotatable bonds is 9. The minimum Gasteiger partial charge on any atom is -0.493 e. The average molecular weight is 429 g/mol. The van der Waals surface area contributed by atoms with Crippen molar-refractivity contribution in [1.82, 2.24) is 0 Å². The second-order valence-corrected chi connectivity index (χ2v) is 6.80. The first-order valence-electron chi connectivity index (χ1n) is 8.27. The van der Waals surface area contributed by atoms with Gasteiger partial charge in [-0.2, -0.15) is 13.2 Å². The molecule has 156 valence electrons. The Morgan fingerprint density at radius 1 is 1.10 bits per heavy atom. The highest BCUT2D eigenvalue weighted by Gasteiger charge is 2.30. The highest BCUT2D eigenvalue weighted by molar-refractivity contribution is 7.99. The monoisotopic (exact) mass is 429 g/mol. The van der Waals surface area contributed by atoms with Crippen LogP contribution >= 0.6 is 11.8 Å². The van der Waals surface area contributed by atoms with E-state index in [0.29, 0.717) is 4.90 Å². The van der Waals surface area contributed by atoms with Crippen LogP contribution in [-0.2, 0) is 15.7 Å². The fourth-order valence-corrected chi connectivity index (χ4v) is 2.99. The number of amides is 1. The summed E-state index contributed by atoms with van der Waals surface area (Å²) in [6, 6.07) is 9.18. The molecule has 0 unspecified atom stereocenters. The summed E-state index contributed by atoms with van der Waals surface area (Å²) in [7, 11) is 1.37. The van der Waals surface area contributed by atoms with Gasteiger partial charge in [-0.25, -0.2) is 4.79 Å². The van der Waals surface area contributed by atoms with Crippen molar-refractivity contribution in [2.24, 2.45) is 5.73 Å². The minimum absolute atomic E-state index is 0.00197. The molecule has 2 N–H and O–H groups in total. The molecule has 0 saturated heterocycles. The average Bonchev–Trinajstić information content (AvgIpc) is 2.68. The fraction of sp³-hybridized carbons (Fsp3) is 0.263. The lowest BCUT2D eigenvalue weighted by atomic mass is 10.2. The molecule has 2 aromatic carbocycles. The number of methoxy groups -OCH3 is 1. The normalized spacial score (nSPS) is 11.0. The summed E-state index contributed by atoms with van der Waals surface area (Å²) in [5.41, 5.74) is 4.47. The number of alkyl halides is 3. The van der Waals surface area contributed by atoms with Gasteiger partial charge in [0.2, 0.25) is 0 Å². The lowest BCUT2D eigenvalue weighted by Crippen LogP contribution is -2.20. The third-order valence-corrected chi connectivity index (χ3v) is 4.47. The second-order valence-electron chi connectivity index (χ2n) is 5.63. The van der Waals surface area contributed by atoms with E-state index in [1.165, 1.54) is 31.4 Å². The van der Waals surface area contributed by atoms with E-state index in [-0.39, 0.29) is 36.0 Å². The number of benzene rings is 2. The molecule has 0 atom stereocenters. The topological polar surface area (TPSA) is 87.8 Å². The lowest BCUT2D eigenvalue weighted by Gasteiger charge is -2.11. The van der Waals surface area contributed by atoms with Gasteiger partial charge in [-0.05, 0) is 36.4 Å². The molecule has 0 heterocycles. The smallest absolute Gasteiger partial charge is 0.416 e. The van der Waals surface area contributed by atoms with Crippen molar-refractivity contribution in [2.75, 3.05) is 26.1 Å². The zero-order chi connectivity index (χ0) is 21.4. The molecule has 0 saturated carbocycles. The summed E-state index contributed by atoms with van der Waals surface area (Å²) >= 11 is 1.14.